The van der Waals surface area contributed by atoms with Crippen molar-refractivity contribution in [3.05, 3.63) is 70.8 Å². The smallest absolute Gasteiger partial charge is 0.242 e. The molecular weight excluding hydrogens is 360 g/mol. The molecule has 0 aromatic heterocycles. The van der Waals surface area contributed by atoms with Gasteiger partial charge in [0.2, 0.25) is 11.8 Å². The molecule has 0 radical (unpaired) electrons. The van der Waals surface area contributed by atoms with Crippen LogP contribution in [-0.4, -0.2) is 28.8 Å². The van der Waals surface area contributed by atoms with Crippen LogP contribution in [0.1, 0.15) is 55.9 Å². The van der Waals surface area contributed by atoms with Gasteiger partial charge in [-0.15, -0.1) is 0 Å². The van der Waals surface area contributed by atoms with Crippen LogP contribution < -0.4 is 5.32 Å². The average Bonchev–Trinajstić information content (AvgIpc) is 2.71. The Kier molecular flexibility index (Phi) is 8.44. The third-order valence-electron chi connectivity index (χ3n) is 5.52. The van der Waals surface area contributed by atoms with E-state index >= 15 is 0 Å². The second-order valence-electron chi connectivity index (χ2n) is 7.93. The third-order valence-corrected chi connectivity index (χ3v) is 5.52. The number of aryl methyl sites for hydroxylation is 3. The summed E-state index contributed by atoms with van der Waals surface area (Å²) >= 11 is 0. The topological polar surface area (TPSA) is 49.4 Å². The number of hydrogen-bond acceptors (Lipinski definition) is 2. The van der Waals surface area contributed by atoms with E-state index in [1.807, 2.05) is 52.0 Å². The lowest BCUT2D eigenvalue weighted by molar-refractivity contribution is -0.140. The summed E-state index contributed by atoms with van der Waals surface area (Å²) in [5, 5.41) is 3.01. The van der Waals surface area contributed by atoms with Crippen LogP contribution >= 0.6 is 0 Å². The Morgan fingerprint density at radius 1 is 1.00 bits per heavy atom. The number of benzene rings is 2. The van der Waals surface area contributed by atoms with E-state index in [1.54, 1.807) is 4.90 Å². The summed E-state index contributed by atoms with van der Waals surface area (Å²) in [5.41, 5.74) is 4.53. The normalized spacial score (nSPS) is 12.9. The predicted octanol–water partition coefficient (Wildman–Crippen LogP) is 4.57. The number of nitrogens with one attached hydrogen (secondary N) is 1. The Balaban J connectivity index is 2.15. The van der Waals surface area contributed by atoms with Gasteiger partial charge in [-0.1, -0.05) is 61.0 Å². The molecule has 0 saturated heterocycles. The van der Waals surface area contributed by atoms with E-state index in [-0.39, 0.29) is 17.9 Å². The van der Waals surface area contributed by atoms with Crippen molar-refractivity contribution in [1.29, 1.82) is 0 Å². The molecule has 0 aliphatic carbocycles. The molecular formula is C25H34N2O2. The molecule has 0 aliphatic rings. The van der Waals surface area contributed by atoms with E-state index in [1.165, 1.54) is 5.56 Å². The first-order valence-electron chi connectivity index (χ1n) is 10.5. The van der Waals surface area contributed by atoms with Crippen LogP contribution in [0.3, 0.4) is 0 Å². The Bertz CT molecular complexity index is 814. The number of nitrogens with zero attached hydrogens (tertiary/aromatic N) is 1. The van der Waals surface area contributed by atoms with E-state index in [0.717, 1.165) is 23.1 Å². The Morgan fingerprint density at radius 2 is 1.66 bits per heavy atom. The van der Waals surface area contributed by atoms with Crippen LogP contribution in [0.5, 0.6) is 0 Å². The van der Waals surface area contributed by atoms with Crippen molar-refractivity contribution in [2.24, 2.45) is 0 Å². The van der Waals surface area contributed by atoms with Crippen LogP contribution in [0.2, 0.25) is 0 Å². The zero-order valence-corrected chi connectivity index (χ0v) is 18.4. The molecule has 4 heteroatoms. The SMILES string of the molecule is CC[C@H](C)NC(=O)[C@@H](C)N(Cc1ccccc1C)C(=O)CCc1ccc(C)cc1. The van der Waals surface area contributed by atoms with E-state index < -0.39 is 6.04 Å². The lowest BCUT2D eigenvalue weighted by Gasteiger charge is -2.30. The molecule has 1 N–H and O–H groups in total. The van der Waals surface area contributed by atoms with Crippen molar-refractivity contribution in [1.82, 2.24) is 10.2 Å². The lowest BCUT2D eigenvalue weighted by atomic mass is 10.0. The van der Waals surface area contributed by atoms with Crippen LogP contribution in [0.4, 0.5) is 0 Å². The van der Waals surface area contributed by atoms with Gasteiger partial charge < -0.3 is 10.2 Å². The summed E-state index contributed by atoms with van der Waals surface area (Å²) < 4.78 is 0. The number of carbonyl (C=O) groups is 2. The largest absolute Gasteiger partial charge is 0.352 e. The van der Waals surface area contributed by atoms with Gasteiger partial charge in [0.15, 0.2) is 0 Å². The number of rotatable bonds is 9. The molecule has 4 nitrogen and oxygen atoms in total. The maximum Gasteiger partial charge on any atom is 0.242 e. The van der Waals surface area contributed by atoms with Crippen LogP contribution in [0, 0.1) is 13.8 Å². The van der Waals surface area contributed by atoms with E-state index in [4.69, 9.17) is 0 Å². The number of carbonyl (C=O) groups excluding carboxylic acids is 2. The minimum absolute atomic E-state index is 0.000583. The van der Waals surface area contributed by atoms with Gasteiger partial charge in [0, 0.05) is 19.0 Å². The molecule has 0 aliphatic heterocycles. The number of amides is 2. The van der Waals surface area contributed by atoms with E-state index in [2.05, 4.69) is 36.5 Å². The van der Waals surface area contributed by atoms with Gasteiger partial charge in [-0.2, -0.15) is 0 Å². The molecule has 0 bridgehead atoms. The Morgan fingerprint density at radius 3 is 2.28 bits per heavy atom. The molecule has 0 unspecified atom stereocenters. The highest BCUT2D eigenvalue weighted by Crippen LogP contribution is 2.16. The van der Waals surface area contributed by atoms with Crippen molar-refractivity contribution in [3.8, 4) is 0 Å². The highest BCUT2D eigenvalue weighted by Gasteiger charge is 2.26. The van der Waals surface area contributed by atoms with Gasteiger partial charge in [0.25, 0.3) is 0 Å². The summed E-state index contributed by atoms with van der Waals surface area (Å²) in [7, 11) is 0. The summed E-state index contributed by atoms with van der Waals surface area (Å²) in [6.07, 6.45) is 1.91. The van der Waals surface area contributed by atoms with Crippen LogP contribution in [-0.2, 0) is 22.6 Å². The number of hydrogen-bond donors (Lipinski definition) is 1. The lowest BCUT2D eigenvalue weighted by Crippen LogP contribution is -2.49. The quantitative estimate of drug-likeness (QED) is 0.677. The van der Waals surface area contributed by atoms with Crippen LogP contribution in [0.25, 0.3) is 0 Å². The fraction of sp³-hybridized carbons (Fsp3) is 0.440. The van der Waals surface area contributed by atoms with Gasteiger partial charge in [-0.05, 0) is 57.2 Å². The molecule has 2 aromatic carbocycles. The monoisotopic (exact) mass is 394 g/mol. The summed E-state index contributed by atoms with van der Waals surface area (Å²) in [5.74, 6) is -0.0998. The highest BCUT2D eigenvalue weighted by atomic mass is 16.2. The van der Waals surface area contributed by atoms with E-state index in [0.29, 0.717) is 19.4 Å². The average molecular weight is 395 g/mol. The summed E-state index contributed by atoms with van der Waals surface area (Å²) in [4.78, 5) is 27.6. The molecule has 0 fully saturated rings. The zero-order valence-electron chi connectivity index (χ0n) is 18.4. The molecule has 29 heavy (non-hydrogen) atoms. The second-order valence-corrected chi connectivity index (χ2v) is 7.93. The molecule has 2 amide bonds. The molecule has 2 aromatic rings. The molecule has 0 heterocycles. The minimum atomic E-state index is -0.519. The first kappa shape index (κ1) is 22.7. The van der Waals surface area contributed by atoms with Gasteiger partial charge in [-0.3, -0.25) is 9.59 Å². The van der Waals surface area contributed by atoms with Gasteiger partial charge in [0.1, 0.15) is 6.04 Å². The van der Waals surface area contributed by atoms with Crippen molar-refractivity contribution in [3.63, 3.8) is 0 Å². The molecule has 2 rings (SSSR count). The second kappa shape index (κ2) is 10.8. The summed E-state index contributed by atoms with van der Waals surface area (Å²) in [6, 6.07) is 15.8. The molecule has 0 saturated carbocycles. The zero-order chi connectivity index (χ0) is 21.4. The Labute approximate surface area is 175 Å². The van der Waals surface area contributed by atoms with Gasteiger partial charge in [-0.25, -0.2) is 0 Å². The molecule has 156 valence electrons. The fourth-order valence-corrected chi connectivity index (χ4v) is 3.17. The van der Waals surface area contributed by atoms with Crippen molar-refractivity contribution in [2.75, 3.05) is 0 Å². The molecule has 0 spiro atoms. The first-order valence-corrected chi connectivity index (χ1v) is 10.5. The van der Waals surface area contributed by atoms with Crippen LogP contribution in [0.15, 0.2) is 48.5 Å². The first-order chi connectivity index (χ1) is 13.8. The third kappa shape index (κ3) is 6.74. The Hall–Kier alpha value is -2.62. The van der Waals surface area contributed by atoms with Gasteiger partial charge in [0.05, 0.1) is 0 Å². The van der Waals surface area contributed by atoms with Gasteiger partial charge >= 0.3 is 0 Å². The maximum atomic E-state index is 13.1. The molecule has 2 atom stereocenters. The van der Waals surface area contributed by atoms with Crippen molar-refractivity contribution in [2.45, 2.75) is 72.5 Å². The fourth-order valence-electron chi connectivity index (χ4n) is 3.17. The maximum absolute atomic E-state index is 13.1. The van der Waals surface area contributed by atoms with Crippen molar-refractivity contribution >= 4 is 11.8 Å². The highest BCUT2D eigenvalue weighted by molar-refractivity contribution is 5.87. The predicted molar refractivity (Wildman–Crippen MR) is 119 cm³/mol. The summed E-state index contributed by atoms with van der Waals surface area (Å²) in [6.45, 7) is 10.4. The van der Waals surface area contributed by atoms with E-state index in [9.17, 15) is 9.59 Å². The minimum Gasteiger partial charge on any atom is -0.352 e. The van der Waals surface area contributed by atoms with Crippen molar-refractivity contribution < 1.29 is 9.59 Å². The standard InChI is InChI=1S/C25H34N2O2/c1-6-20(4)26-25(29)21(5)27(17-23-10-8-7-9-19(23)3)24(28)16-15-22-13-11-18(2)12-14-22/h7-14,20-21H,6,15-17H2,1-5H3,(H,26,29)/t20-,21+/m0/s1.